The maximum absolute atomic E-state index is 4.33. The number of rotatable bonds is 4. The van der Waals surface area contributed by atoms with Gasteiger partial charge in [0.25, 0.3) is 0 Å². The van der Waals surface area contributed by atoms with Gasteiger partial charge in [0.05, 0.1) is 0 Å². The Bertz CT molecular complexity index is 325. The van der Waals surface area contributed by atoms with Crippen molar-refractivity contribution in [3.05, 3.63) is 33.8 Å². The average molecular weight is 288 g/mol. The Balaban J connectivity index is 3.04. The Morgan fingerprint density at radius 1 is 1.40 bits per heavy atom. The molecule has 0 amide bonds. The number of thiol groups is 1. The van der Waals surface area contributed by atoms with Gasteiger partial charge in [-0.25, -0.2) is 0 Å². The molecule has 0 saturated carbocycles. The van der Waals surface area contributed by atoms with Crippen LogP contribution in [0.25, 0.3) is 0 Å². The molecule has 1 atom stereocenters. The minimum absolute atomic E-state index is 0.458. The summed E-state index contributed by atoms with van der Waals surface area (Å²) >= 11 is 7.85. The van der Waals surface area contributed by atoms with E-state index in [9.17, 15) is 0 Å². The third kappa shape index (κ3) is 3.51. The van der Waals surface area contributed by atoms with Crippen molar-refractivity contribution in [3.63, 3.8) is 0 Å². The molecule has 1 rings (SSSR count). The summed E-state index contributed by atoms with van der Waals surface area (Å²) in [6.45, 7) is 2.16. The number of hydrogen-bond donors (Lipinski definition) is 1. The number of nitrogens with zero attached hydrogens (tertiary/aromatic N) is 1. The highest BCUT2D eigenvalue weighted by atomic mass is 79.9. The van der Waals surface area contributed by atoms with Crippen molar-refractivity contribution in [2.75, 3.05) is 19.8 Å². The van der Waals surface area contributed by atoms with Gasteiger partial charge in [-0.3, -0.25) is 0 Å². The summed E-state index contributed by atoms with van der Waals surface area (Å²) in [6, 6.07) is 6.92. The van der Waals surface area contributed by atoms with Gasteiger partial charge in [-0.1, -0.05) is 22.0 Å². The van der Waals surface area contributed by atoms with Crippen LogP contribution in [-0.4, -0.2) is 24.7 Å². The summed E-state index contributed by atoms with van der Waals surface area (Å²) in [5.41, 5.74) is 2.74. The maximum Gasteiger partial charge on any atom is 0.0352 e. The third-order valence-corrected chi connectivity index (χ3v) is 3.38. The Kier molecular flexibility index (Phi) is 5.16. The zero-order chi connectivity index (χ0) is 11.4. The minimum Gasteiger partial charge on any atom is -0.302 e. The first-order valence-corrected chi connectivity index (χ1v) is 6.52. The number of hydrogen-bond acceptors (Lipinski definition) is 2. The first-order valence-electron chi connectivity index (χ1n) is 5.09. The predicted molar refractivity (Wildman–Crippen MR) is 73.8 cm³/mol. The van der Waals surface area contributed by atoms with Crippen molar-refractivity contribution < 1.29 is 0 Å². The second-order valence-corrected chi connectivity index (χ2v) is 5.36. The molecule has 0 spiro atoms. The second kappa shape index (κ2) is 5.92. The molecule has 0 N–H and O–H groups in total. The summed E-state index contributed by atoms with van der Waals surface area (Å²) in [6.07, 6.45) is 1.08. The maximum atomic E-state index is 4.33. The van der Waals surface area contributed by atoms with Crippen molar-refractivity contribution in [2.45, 2.75) is 19.4 Å². The van der Waals surface area contributed by atoms with E-state index in [0.29, 0.717) is 6.04 Å². The number of benzene rings is 1. The SMILES string of the molecule is Cc1ccc(Br)cc1C(CCS)N(C)C. The fraction of sp³-hybridized carbons (Fsp3) is 0.500. The first kappa shape index (κ1) is 13.1. The lowest BCUT2D eigenvalue weighted by molar-refractivity contribution is 0.292. The van der Waals surface area contributed by atoms with Crippen LogP contribution in [-0.2, 0) is 0 Å². The molecule has 0 bridgehead atoms. The number of aryl methyl sites for hydroxylation is 1. The van der Waals surface area contributed by atoms with Gasteiger partial charge >= 0.3 is 0 Å². The molecular weight excluding hydrogens is 270 g/mol. The van der Waals surface area contributed by atoms with Crippen molar-refractivity contribution >= 4 is 28.6 Å². The fourth-order valence-electron chi connectivity index (χ4n) is 1.78. The van der Waals surface area contributed by atoms with Crippen LogP contribution in [0, 0.1) is 6.92 Å². The van der Waals surface area contributed by atoms with Crippen molar-refractivity contribution in [1.82, 2.24) is 4.90 Å². The van der Waals surface area contributed by atoms with Crippen LogP contribution in [0.3, 0.4) is 0 Å². The van der Waals surface area contributed by atoms with Gasteiger partial charge < -0.3 is 4.90 Å². The van der Waals surface area contributed by atoms with E-state index in [0.717, 1.165) is 16.6 Å². The van der Waals surface area contributed by atoms with Crippen LogP contribution in [0.4, 0.5) is 0 Å². The van der Waals surface area contributed by atoms with E-state index in [1.807, 2.05) is 0 Å². The Labute approximate surface area is 106 Å². The van der Waals surface area contributed by atoms with Crippen LogP contribution >= 0.6 is 28.6 Å². The zero-order valence-electron chi connectivity index (χ0n) is 9.50. The van der Waals surface area contributed by atoms with Crippen molar-refractivity contribution in [3.8, 4) is 0 Å². The lowest BCUT2D eigenvalue weighted by atomic mass is 9.99. The van der Waals surface area contributed by atoms with E-state index in [1.165, 1.54) is 11.1 Å². The van der Waals surface area contributed by atoms with E-state index >= 15 is 0 Å². The number of halogens is 1. The molecule has 1 aromatic rings. The summed E-state index contributed by atoms with van der Waals surface area (Å²) in [7, 11) is 4.24. The van der Waals surface area contributed by atoms with Crippen LogP contribution in [0.2, 0.25) is 0 Å². The highest BCUT2D eigenvalue weighted by Gasteiger charge is 2.15. The standard InChI is InChI=1S/C12H18BrNS/c1-9-4-5-10(13)8-11(9)12(6-7-15)14(2)3/h4-5,8,12,15H,6-7H2,1-3H3. The molecule has 0 aliphatic heterocycles. The van der Waals surface area contributed by atoms with Gasteiger partial charge in [0.1, 0.15) is 0 Å². The van der Waals surface area contributed by atoms with Gasteiger partial charge in [-0.15, -0.1) is 0 Å². The molecular formula is C12H18BrNS. The Morgan fingerprint density at radius 3 is 2.60 bits per heavy atom. The highest BCUT2D eigenvalue weighted by Crippen LogP contribution is 2.28. The van der Waals surface area contributed by atoms with Gasteiger partial charge in [0, 0.05) is 10.5 Å². The minimum atomic E-state index is 0.458. The third-order valence-electron chi connectivity index (χ3n) is 2.63. The molecule has 3 heteroatoms. The molecule has 1 aromatic carbocycles. The first-order chi connectivity index (χ1) is 7.06. The van der Waals surface area contributed by atoms with Gasteiger partial charge in [0.15, 0.2) is 0 Å². The molecule has 1 nitrogen and oxygen atoms in total. The van der Waals surface area contributed by atoms with Gasteiger partial charge in [0.2, 0.25) is 0 Å². The molecule has 1 unspecified atom stereocenters. The smallest absolute Gasteiger partial charge is 0.0352 e. The summed E-state index contributed by atoms with van der Waals surface area (Å²) < 4.78 is 1.15. The van der Waals surface area contributed by atoms with Crippen LogP contribution in [0.15, 0.2) is 22.7 Å². The molecule has 0 radical (unpaired) electrons. The molecule has 0 aliphatic rings. The quantitative estimate of drug-likeness (QED) is 0.827. The highest BCUT2D eigenvalue weighted by molar-refractivity contribution is 9.10. The van der Waals surface area contributed by atoms with Crippen LogP contribution < -0.4 is 0 Å². The van der Waals surface area contributed by atoms with Gasteiger partial charge in [-0.2, -0.15) is 12.6 Å². The summed E-state index contributed by atoms with van der Waals surface area (Å²) in [5, 5.41) is 0. The van der Waals surface area contributed by atoms with Gasteiger partial charge in [-0.05, 0) is 56.5 Å². The Hall–Kier alpha value is 0.01000. The lowest BCUT2D eigenvalue weighted by Crippen LogP contribution is -2.21. The molecule has 15 heavy (non-hydrogen) atoms. The van der Waals surface area contributed by atoms with E-state index in [4.69, 9.17) is 0 Å². The average Bonchev–Trinajstić information content (AvgIpc) is 2.18. The summed E-state index contributed by atoms with van der Waals surface area (Å²) in [4.78, 5) is 2.25. The van der Waals surface area contributed by atoms with E-state index in [2.05, 4.69) is 72.7 Å². The lowest BCUT2D eigenvalue weighted by Gasteiger charge is -2.26. The van der Waals surface area contributed by atoms with Crippen LogP contribution in [0.1, 0.15) is 23.6 Å². The molecule has 0 fully saturated rings. The fourth-order valence-corrected chi connectivity index (χ4v) is 2.41. The van der Waals surface area contributed by atoms with E-state index < -0.39 is 0 Å². The molecule has 84 valence electrons. The molecule has 0 aromatic heterocycles. The molecule has 0 saturated heterocycles. The monoisotopic (exact) mass is 287 g/mol. The molecule has 0 heterocycles. The largest absolute Gasteiger partial charge is 0.302 e. The zero-order valence-corrected chi connectivity index (χ0v) is 12.0. The topological polar surface area (TPSA) is 3.24 Å². The predicted octanol–water partition coefficient (Wildman–Crippen LogP) is 3.68. The van der Waals surface area contributed by atoms with E-state index in [-0.39, 0.29) is 0 Å². The normalized spacial score (nSPS) is 13.2. The summed E-state index contributed by atoms with van der Waals surface area (Å²) in [5.74, 6) is 0.912. The van der Waals surface area contributed by atoms with Crippen LogP contribution in [0.5, 0.6) is 0 Å². The molecule has 0 aliphatic carbocycles. The van der Waals surface area contributed by atoms with E-state index in [1.54, 1.807) is 0 Å². The Morgan fingerprint density at radius 2 is 2.07 bits per heavy atom. The van der Waals surface area contributed by atoms with Crippen molar-refractivity contribution in [2.24, 2.45) is 0 Å². The van der Waals surface area contributed by atoms with Crippen molar-refractivity contribution in [1.29, 1.82) is 0 Å². The second-order valence-electron chi connectivity index (χ2n) is 3.99.